The molecule has 0 unspecified atom stereocenters. The van der Waals surface area contributed by atoms with Crippen LogP contribution in [0.5, 0.6) is 11.5 Å². The van der Waals surface area contributed by atoms with Crippen molar-refractivity contribution in [1.82, 2.24) is 0 Å². The van der Waals surface area contributed by atoms with Gasteiger partial charge >= 0.3 is 0 Å². The van der Waals surface area contributed by atoms with Crippen molar-refractivity contribution in [2.75, 3.05) is 19.0 Å². The summed E-state index contributed by atoms with van der Waals surface area (Å²) in [6.45, 7) is 2.45. The number of anilines is 1. The molecule has 1 aromatic heterocycles. The zero-order valence-electron chi connectivity index (χ0n) is 12.3. The van der Waals surface area contributed by atoms with Crippen molar-refractivity contribution < 1.29 is 14.3 Å². The second-order valence-corrected chi connectivity index (χ2v) is 6.01. The molecule has 1 heterocycles. The molecule has 0 saturated heterocycles. The molecule has 0 atom stereocenters. The number of carbonyl (C=O) groups is 1. The van der Waals surface area contributed by atoms with Crippen LogP contribution in [-0.2, 0) is 4.79 Å². The third-order valence-corrected chi connectivity index (χ3v) is 3.92. The maximum Gasteiger partial charge on any atom is 0.248 e. The Morgan fingerprint density at radius 3 is 2.77 bits per heavy atom. The zero-order valence-corrected chi connectivity index (χ0v) is 13.8. The Bertz CT molecular complexity index is 682. The van der Waals surface area contributed by atoms with E-state index in [0.717, 1.165) is 4.88 Å². The van der Waals surface area contributed by atoms with Crippen molar-refractivity contribution in [1.29, 1.82) is 0 Å². The van der Waals surface area contributed by atoms with Crippen LogP contribution in [-0.4, -0.2) is 19.6 Å². The quantitative estimate of drug-likeness (QED) is 0.791. The predicted octanol–water partition coefficient (Wildman–Crippen LogP) is 4.46. The molecule has 0 aliphatic heterocycles. The highest BCUT2D eigenvalue weighted by Gasteiger charge is 2.06. The zero-order chi connectivity index (χ0) is 15.9. The predicted molar refractivity (Wildman–Crippen MR) is 91.2 cm³/mol. The number of methoxy groups -OCH3 is 1. The fraction of sp³-hybridized carbons (Fsp3) is 0.188. The molecular weight excluding hydrogens is 322 g/mol. The first-order valence-electron chi connectivity index (χ1n) is 6.67. The van der Waals surface area contributed by atoms with Gasteiger partial charge in [0.1, 0.15) is 0 Å². The molecule has 4 nitrogen and oxygen atoms in total. The first-order chi connectivity index (χ1) is 10.6. The summed E-state index contributed by atoms with van der Waals surface area (Å²) in [5.74, 6) is 0.996. The SMILES string of the molecule is CCOc1ccc(NC(=O)/C=C/c2ccc(Cl)s2)cc1OC. The van der Waals surface area contributed by atoms with E-state index in [9.17, 15) is 4.79 Å². The van der Waals surface area contributed by atoms with Crippen LogP contribution in [0.1, 0.15) is 11.8 Å². The fourth-order valence-corrected chi connectivity index (χ4v) is 2.74. The normalized spacial score (nSPS) is 10.7. The summed E-state index contributed by atoms with van der Waals surface area (Å²) in [6, 6.07) is 8.90. The molecule has 0 aliphatic rings. The van der Waals surface area contributed by atoms with Crippen molar-refractivity contribution in [3.05, 3.63) is 45.6 Å². The highest BCUT2D eigenvalue weighted by Crippen LogP contribution is 2.30. The van der Waals surface area contributed by atoms with Crippen molar-refractivity contribution in [2.24, 2.45) is 0 Å². The Hall–Kier alpha value is -1.98. The number of benzene rings is 1. The van der Waals surface area contributed by atoms with Crippen LogP contribution in [0.2, 0.25) is 4.34 Å². The lowest BCUT2D eigenvalue weighted by molar-refractivity contribution is -0.111. The third-order valence-electron chi connectivity index (χ3n) is 2.72. The number of thiophene rings is 1. The molecule has 2 aromatic rings. The van der Waals surface area contributed by atoms with Gasteiger partial charge in [0.2, 0.25) is 5.91 Å². The Labute approximate surface area is 138 Å². The lowest BCUT2D eigenvalue weighted by Gasteiger charge is -2.11. The van der Waals surface area contributed by atoms with Crippen molar-refractivity contribution in [2.45, 2.75) is 6.92 Å². The van der Waals surface area contributed by atoms with Gasteiger partial charge in [0.15, 0.2) is 11.5 Å². The molecule has 0 radical (unpaired) electrons. The van der Waals surface area contributed by atoms with Crippen LogP contribution < -0.4 is 14.8 Å². The number of amides is 1. The number of ether oxygens (including phenoxy) is 2. The van der Waals surface area contributed by atoms with Gasteiger partial charge < -0.3 is 14.8 Å². The third kappa shape index (κ3) is 4.51. The summed E-state index contributed by atoms with van der Waals surface area (Å²) in [7, 11) is 1.56. The smallest absolute Gasteiger partial charge is 0.248 e. The molecule has 0 aliphatic carbocycles. The highest BCUT2D eigenvalue weighted by atomic mass is 35.5. The molecule has 0 saturated carbocycles. The lowest BCUT2D eigenvalue weighted by atomic mass is 10.2. The van der Waals surface area contributed by atoms with Crippen LogP contribution in [0.25, 0.3) is 6.08 Å². The number of carbonyl (C=O) groups excluding carboxylic acids is 1. The highest BCUT2D eigenvalue weighted by molar-refractivity contribution is 7.17. The molecule has 1 aromatic carbocycles. The van der Waals surface area contributed by atoms with E-state index in [1.165, 1.54) is 17.4 Å². The van der Waals surface area contributed by atoms with E-state index < -0.39 is 0 Å². The number of halogens is 1. The molecule has 1 amide bonds. The van der Waals surface area contributed by atoms with Crippen molar-refractivity contribution in [3.8, 4) is 11.5 Å². The van der Waals surface area contributed by atoms with E-state index in [2.05, 4.69) is 5.32 Å². The maximum absolute atomic E-state index is 11.9. The molecule has 116 valence electrons. The number of hydrogen-bond donors (Lipinski definition) is 1. The largest absolute Gasteiger partial charge is 0.493 e. The van der Waals surface area contributed by atoms with Gasteiger partial charge in [0.05, 0.1) is 18.1 Å². The molecule has 0 spiro atoms. The second kappa shape index (κ2) is 7.87. The second-order valence-electron chi connectivity index (χ2n) is 4.26. The van der Waals surface area contributed by atoms with Gasteiger partial charge in [-0.2, -0.15) is 0 Å². The number of rotatable bonds is 6. The van der Waals surface area contributed by atoms with Gasteiger partial charge in [-0.3, -0.25) is 4.79 Å². The molecule has 2 rings (SSSR count). The maximum atomic E-state index is 11.9. The van der Waals surface area contributed by atoms with Gasteiger partial charge in [-0.25, -0.2) is 0 Å². The van der Waals surface area contributed by atoms with Crippen LogP contribution in [0.3, 0.4) is 0 Å². The lowest BCUT2D eigenvalue weighted by Crippen LogP contribution is -2.08. The van der Waals surface area contributed by atoms with E-state index in [4.69, 9.17) is 21.1 Å². The summed E-state index contributed by atoms with van der Waals surface area (Å²) < 4.78 is 11.4. The van der Waals surface area contributed by atoms with E-state index in [-0.39, 0.29) is 5.91 Å². The van der Waals surface area contributed by atoms with Gasteiger partial charge in [0, 0.05) is 22.7 Å². The molecule has 6 heteroatoms. The minimum Gasteiger partial charge on any atom is -0.493 e. The topological polar surface area (TPSA) is 47.6 Å². The molecular formula is C16H16ClNO3S. The Balaban J connectivity index is 2.03. The average Bonchev–Trinajstić information content (AvgIpc) is 2.92. The Kier molecular flexibility index (Phi) is 5.86. The van der Waals surface area contributed by atoms with E-state index >= 15 is 0 Å². The standard InChI is InChI=1S/C16H16ClNO3S/c1-3-21-13-7-4-11(10-14(13)20-2)18-16(19)9-6-12-5-8-15(17)22-12/h4-10H,3H2,1-2H3,(H,18,19)/b9-6+. The molecule has 1 N–H and O–H groups in total. The van der Waals surface area contributed by atoms with Gasteiger partial charge in [-0.05, 0) is 37.3 Å². The van der Waals surface area contributed by atoms with Crippen LogP contribution in [0.15, 0.2) is 36.4 Å². The Morgan fingerprint density at radius 2 is 2.14 bits per heavy atom. The summed E-state index contributed by atoms with van der Waals surface area (Å²) in [4.78, 5) is 12.8. The van der Waals surface area contributed by atoms with Crippen LogP contribution in [0, 0.1) is 0 Å². The summed E-state index contributed by atoms with van der Waals surface area (Å²) >= 11 is 7.25. The molecule has 22 heavy (non-hydrogen) atoms. The first-order valence-corrected chi connectivity index (χ1v) is 7.87. The minimum atomic E-state index is -0.226. The van der Waals surface area contributed by atoms with Gasteiger partial charge in [0.25, 0.3) is 0 Å². The summed E-state index contributed by atoms with van der Waals surface area (Å²) in [6.07, 6.45) is 3.18. The van der Waals surface area contributed by atoms with Crippen LogP contribution in [0.4, 0.5) is 5.69 Å². The van der Waals surface area contributed by atoms with Crippen molar-refractivity contribution >= 4 is 40.6 Å². The number of hydrogen-bond acceptors (Lipinski definition) is 4. The van der Waals surface area contributed by atoms with Crippen molar-refractivity contribution in [3.63, 3.8) is 0 Å². The Morgan fingerprint density at radius 1 is 1.32 bits per heavy atom. The number of nitrogens with one attached hydrogen (secondary N) is 1. The average molecular weight is 338 g/mol. The van der Waals surface area contributed by atoms with E-state index in [1.807, 2.05) is 13.0 Å². The monoisotopic (exact) mass is 337 g/mol. The van der Waals surface area contributed by atoms with Gasteiger partial charge in [-0.15, -0.1) is 11.3 Å². The molecule has 0 fully saturated rings. The van der Waals surface area contributed by atoms with Crippen LogP contribution >= 0.6 is 22.9 Å². The fourth-order valence-electron chi connectivity index (χ4n) is 1.78. The first kappa shape index (κ1) is 16.4. The minimum absolute atomic E-state index is 0.226. The van der Waals surface area contributed by atoms with Gasteiger partial charge in [-0.1, -0.05) is 11.6 Å². The van der Waals surface area contributed by atoms with E-state index in [0.29, 0.717) is 28.1 Å². The molecule has 0 bridgehead atoms. The summed E-state index contributed by atoms with van der Waals surface area (Å²) in [5.41, 5.74) is 0.638. The van der Waals surface area contributed by atoms with E-state index in [1.54, 1.807) is 37.5 Å². The summed E-state index contributed by atoms with van der Waals surface area (Å²) in [5, 5.41) is 2.77.